The van der Waals surface area contributed by atoms with Gasteiger partial charge in [0, 0.05) is 5.92 Å². The number of allylic oxidation sites excluding steroid dienone is 6. The maximum Gasteiger partial charge on any atom is 0.0157 e. The van der Waals surface area contributed by atoms with Crippen molar-refractivity contribution in [1.82, 2.24) is 0 Å². The molecule has 0 aromatic carbocycles. The summed E-state index contributed by atoms with van der Waals surface area (Å²) in [4.78, 5) is 0. The minimum atomic E-state index is 0.616. The van der Waals surface area contributed by atoms with Crippen LogP contribution in [0.25, 0.3) is 0 Å². The van der Waals surface area contributed by atoms with Crippen LogP contribution in [-0.4, -0.2) is 0 Å². The molecule has 4 aliphatic carbocycles. The Morgan fingerprint density at radius 3 is 2.58 bits per heavy atom. The predicted octanol–water partition coefficient (Wildman–Crippen LogP) is 2.94. The summed E-state index contributed by atoms with van der Waals surface area (Å²) in [5, 5.41) is 0. The molecular formula is C12H14. The van der Waals surface area contributed by atoms with Gasteiger partial charge in [-0.05, 0) is 31.6 Å². The SMILES string of the molecule is CC1=C[C@@H]2C3C=C[C@H]1C=C(C)[C@H]32. The quantitative estimate of drug-likeness (QED) is 0.475. The van der Waals surface area contributed by atoms with E-state index in [1.807, 2.05) is 0 Å². The first-order chi connectivity index (χ1) is 5.77. The van der Waals surface area contributed by atoms with E-state index in [9.17, 15) is 0 Å². The van der Waals surface area contributed by atoms with E-state index in [2.05, 4.69) is 38.2 Å². The molecule has 1 saturated carbocycles. The average molecular weight is 158 g/mol. The first-order valence-electron chi connectivity index (χ1n) is 4.82. The number of rotatable bonds is 0. The van der Waals surface area contributed by atoms with Crippen molar-refractivity contribution in [3.63, 3.8) is 0 Å². The van der Waals surface area contributed by atoms with E-state index in [0.29, 0.717) is 5.92 Å². The maximum absolute atomic E-state index is 2.49. The molecule has 0 aromatic heterocycles. The first-order valence-corrected chi connectivity index (χ1v) is 4.82. The Balaban J connectivity index is 2.17. The fourth-order valence-corrected chi connectivity index (χ4v) is 2.82. The van der Waals surface area contributed by atoms with Crippen LogP contribution in [-0.2, 0) is 0 Å². The highest BCUT2D eigenvalue weighted by atomic mass is 14.5. The molecule has 4 atom stereocenters. The molecule has 0 heteroatoms. The molecule has 0 nitrogen and oxygen atoms in total. The van der Waals surface area contributed by atoms with Gasteiger partial charge in [0.15, 0.2) is 0 Å². The van der Waals surface area contributed by atoms with E-state index < -0.39 is 0 Å². The second-order valence-corrected chi connectivity index (χ2v) is 4.41. The van der Waals surface area contributed by atoms with Crippen LogP contribution in [0.15, 0.2) is 35.5 Å². The normalized spacial score (nSPS) is 47.8. The van der Waals surface area contributed by atoms with Gasteiger partial charge in [-0.15, -0.1) is 0 Å². The Kier molecular flexibility index (Phi) is 1.08. The topological polar surface area (TPSA) is 0 Å². The molecule has 0 aromatic rings. The van der Waals surface area contributed by atoms with Crippen molar-refractivity contribution in [3.05, 3.63) is 35.5 Å². The zero-order valence-corrected chi connectivity index (χ0v) is 7.62. The minimum Gasteiger partial charge on any atom is -0.0833 e. The zero-order valence-electron chi connectivity index (χ0n) is 7.62. The van der Waals surface area contributed by atoms with Crippen LogP contribution in [0, 0.1) is 23.7 Å². The highest BCUT2D eigenvalue weighted by Crippen LogP contribution is 2.57. The highest BCUT2D eigenvalue weighted by molar-refractivity contribution is 5.39. The molecule has 1 unspecified atom stereocenters. The summed E-state index contributed by atoms with van der Waals surface area (Å²) in [5.74, 6) is 3.18. The molecule has 62 valence electrons. The lowest BCUT2D eigenvalue weighted by Gasteiger charge is -2.05. The third-order valence-electron chi connectivity index (χ3n) is 3.62. The fourth-order valence-electron chi connectivity index (χ4n) is 2.82. The van der Waals surface area contributed by atoms with Crippen molar-refractivity contribution in [3.8, 4) is 0 Å². The molecule has 0 aliphatic heterocycles. The Labute approximate surface area is 73.7 Å². The van der Waals surface area contributed by atoms with Crippen molar-refractivity contribution >= 4 is 0 Å². The van der Waals surface area contributed by atoms with E-state index in [0.717, 1.165) is 17.8 Å². The molecule has 0 radical (unpaired) electrons. The molecule has 0 saturated heterocycles. The molecule has 1 fully saturated rings. The molecule has 4 bridgehead atoms. The molecule has 12 heavy (non-hydrogen) atoms. The second kappa shape index (κ2) is 1.93. The Morgan fingerprint density at radius 2 is 1.75 bits per heavy atom. The molecule has 0 spiro atoms. The maximum atomic E-state index is 2.49. The van der Waals surface area contributed by atoms with Crippen molar-refractivity contribution < 1.29 is 0 Å². The van der Waals surface area contributed by atoms with Crippen LogP contribution in [0.5, 0.6) is 0 Å². The highest BCUT2D eigenvalue weighted by Gasteiger charge is 2.50. The van der Waals surface area contributed by atoms with Crippen molar-refractivity contribution in [1.29, 1.82) is 0 Å². The Hall–Kier alpha value is -0.780. The lowest BCUT2D eigenvalue weighted by atomic mass is 10.00. The van der Waals surface area contributed by atoms with Crippen LogP contribution >= 0.6 is 0 Å². The molecular weight excluding hydrogens is 144 g/mol. The van der Waals surface area contributed by atoms with Gasteiger partial charge in [0.1, 0.15) is 0 Å². The lowest BCUT2D eigenvalue weighted by molar-refractivity contribution is 0.913. The van der Waals surface area contributed by atoms with Crippen LogP contribution in [0.1, 0.15) is 13.8 Å². The Bertz CT molecular complexity index is 317. The number of hydrogen-bond donors (Lipinski definition) is 0. The van der Waals surface area contributed by atoms with E-state index >= 15 is 0 Å². The minimum absolute atomic E-state index is 0.616. The first kappa shape index (κ1) is 6.71. The Morgan fingerprint density at radius 1 is 0.917 bits per heavy atom. The molecule has 4 aliphatic rings. The molecule has 0 heterocycles. The standard InChI is InChI=1S/C12H14/c1-7-6-11-10-4-3-9(7)5-8(2)12(10)11/h3-6,9-12H,1-2H3/t9-,10?,11+,12+/m0/s1. The van der Waals surface area contributed by atoms with Gasteiger partial charge in [-0.3, -0.25) is 0 Å². The van der Waals surface area contributed by atoms with Crippen LogP contribution in [0.2, 0.25) is 0 Å². The number of hydrogen-bond acceptors (Lipinski definition) is 0. The van der Waals surface area contributed by atoms with Crippen molar-refractivity contribution in [2.45, 2.75) is 13.8 Å². The van der Waals surface area contributed by atoms with Crippen molar-refractivity contribution in [2.24, 2.45) is 23.7 Å². The van der Waals surface area contributed by atoms with Crippen molar-refractivity contribution in [2.75, 3.05) is 0 Å². The van der Waals surface area contributed by atoms with Crippen LogP contribution in [0.3, 0.4) is 0 Å². The molecule has 0 amide bonds. The van der Waals surface area contributed by atoms with Crippen LogP contribution in [0.4, 0.5) is 0 Å². The third kappa shape index (κ3) is 0.682. The fraction of sp³-hybridized carbons (Fsp3) is 0.500. The van der Waals surface area contributed by atoms with Gasteiger partial charge >= 0.3 is 0 Å². The van der Waals surface area contributed by atoms with E-state index in [-0.39, 0.29) is 0 Å². The van der Waals surface area contributed by atoms with Gasteiger partial charge < -0.3 is 0 Å². The predicted molar refractivity (Wildman–Crippen MR) is 50.6 cm³/mol. The summed E-state index contributed by atoms with van der Waals surface area (Å²) in [5.41, 5.74) is 3.17. The second-order valence-electron chi connectivity index (χ2n) is 4.41. The largest absolute Gasteiger partial charge is 0.0833 e. The smallest absolute Gasteiger partial charge is 0.0157 e. The summed E-state index contributed by atoms with van der Waals surface area (Å²) in [7, 11) is 0. The molecule has 0 N–H and O–H groups in total. The van der Waals surface area contributed by atoms with Crippen LogP contribution < -0.4 is 0 Å². The average Bonchev–Trinajstić information content (AvgIpc) is 2.72. The van der Waals surface area contributed by atoms with E-state index in [1.165, 1.54) is 0 Å². The molecule has 4 rings (SSSR count). The van der Waals surface area contributed by atoms with Gasteiger partial charge in [-0.2, -0.15) is 0 Å². The monoisotopic (exact) mass is 158 g/mol. The van der Waals surface area contributed by atoms with E-state index in [4.69, 9.17) is 0 Å². The summed E-state index contributed by atoms with van der Waals surface area (Å²) < 4.78 is 0. The van der Waals surface area contributed by atoms with Gasteiger partial charge in [0.25, 0.3) is 0 Å². The lowest BCUT2D eigenvalue weighted by Crippen LogP contribution is -1.92. The van der Waals surface area contributed by atoms with Gasteiger partial charge in [0.05, 0.1) is 0 Å². The summed E-state index contributed by atoms with van der Waals surface area (Å²) in [6.07, 6.45) is 9.75. The summed E-state index contributed by atoms with van der Waals surface area (Å²) in [6.45, 7) is 4.56. The van der Waals surface area contributed by atoms with Gasteiger partial charge in [0.2, 0.25) is 0 Å². The van der Waals surface area contributed by atoms with E-state index in [1.54, 1.807) is 11.1 Å². The third-order valence-corrected chi connectivity index (χ3v) is 3.62. The zero-order chi connectivity index (χ0) is 8.29. The van der Waals surface area contributed by atoms with Gasteiger partial charge in [-0.1, -0.05) is 35.5 Å². The van der Waals surface area contributed by atoms with Gasteiger partial charge in [-0.25, -0.2) is 0 Å². The summed E-state index contributed by atoms with van der Waals surface area (Å²) >= 11 is 0. The summed E-state index contributed by atoms with van der Waals surface area (Å²) in [6, 6.07) is 0.